The molecule has 4 rings (SSSR count). The number of carbonyl (C=O) groups is 2. The summed E-state index contributed by atoms with van der Waals surface area (Å²) in [4.78, 5) is 31.9. The summed E-state index contributed by atoms with van der Waals surface area (Å²) in [6.45, 7) is 2.08. The molecule has 1 unspecified atom stereocenters. The first-order valence-electron chi connectivity index (χ1n) is 6.84. The molecule has 4 atom stereocenters. The zero-order chi connectivity index (χ0) is 14.1. The normalized spacial score (nSPS) is 37.2. The average Bonchev–Trinajstić information content (AvgIpc) is 3.08. The topological polar surface area (TPSA) is 49.6 Å². The Kier molecular flexibility index (Phi) is 2.22. The molecule has 5 heteroatoms. The Morgan fingerprint density at radius 2 is 2.05 bits per heavy atom. The van der Waals surface area contributed by atoms with E-state index in [1.807, 2.05) is 17.0 Å². The van der Waals surface area contributed by atoms with E-state index < -0.39 is 5.54 Å². The summed E-state index contributed by atoms with van der Waals surface area (Å²) >= 11 is 0. The van der Waals surface area contributed by atoms with Crippen LogP contribution in [0.2, 0.25) is 0 Å². The third-order valence-electron chi connectivity index (χ3n) is 4.93. The molecule has 1 aromatic rings. The number of hydrogen-bond acceptors (Lipinski definition) is 4. The van der Waals surface area contributed by atoms with Gasteiger partial charge in [0.25, 0.3) is 5.91 Å². The van der Waals surface area contributed by atoms with Crippen LogP contribution in [0.15, 0.2) is 24.3 Å². The molecule has 0 aliphatic carbocycles. The van der Waals surface area contributed by atoms with Crippen molar-refractivity contribution in [3.8, 4) is 0 Å². The van der Waals surface area contributed by atoms with Gasteiger partial charge in [0.2, 0.25) is 5.54 Å². The summed E-state index contributed by atoms with van der Waals surface area (Å²) in [6, 6.07) is 8.07. The fraction of sp³-hybridized carbons (Fsp3) is 0.467. The first-order valence-corrected chi connectivity index (χ1v) is 6.84. The summed E-state index contributed by atoms with van der Waals surface area (Å²) in [7, 11) is 1.53. The van der Waals surface area contributed by atoms with Crippen LogP contribution >= 0.6 is 0 Å². The van der Waals surface area contributed by atoms with Gasteiger partial charge in [-0.05, 0) is 24.5 Å². The van der Waals surface area contributed by atoms with Gasteiger partial charge >= 0.3 is 0 Å². The van der Waals surface area contributed by atoms with Crippen LogP contribution in [-0.2, 0) is 27.4 Å². The van der Waals surface area contributed by atoms with Crippen LogP contribution in [0.3, 0.4) is 0 Å². The van der Waals surface area contributed by atoms with Crippen LogP contribution in [0.4, 0.5) is 0 Å². The lowest BCUT2D eigenvalue weighted by atomic mass is 9.93. The largest absolute Gasteiger partial charge is 0.331 e. The number of piperazine rings is 1. The van der Waals surface area contributed by atoms with Crippen molar-refractivity contribution >= 4 is 11.7 Å². The molecule has 2 fully saturated rings. The number of ketones is 1. The second kappa shape index (κ2) is 3.68. The monoisotopic (exact) mass is 272 g/mol. The molecule has 0 aromatic heterocycles. The minimum Gasteiger partial charge on any atom is -0.331 e. The fourth-order valence-corrected chi connectivity index (χ4v) is 3.99. The van der Waals surface area contributed by atoms with Crippen LogP contribution in [-0.4, -0.2) is 46.4 Å². The Morgan fingerprint density at radius 3 is 2.70 bits per heavy atom. The third kappa shape index (κ3) is 1.16. The Morgan fingerprint density at radius 1 is 1.35 bits per heavy atom. The molecule has 0 saturated carbocycles. The van der Waals surface area contributed by atoms with Crippen LogP contribution in [0.5, 0.6) is 0 Å². The number of benzene rings is 1. The molecular formula is C15H16N2O3. The Bertz CT molecular complexity index is 629. The van der Waals surface area contributed by atoms with E-state index in [4.69, 9.17) is 4.84 Å². The van der Waals surface area contributed by atoms with Gasteiger partial charge in [0.05, 0.1) is 19.2 Å². The average molecular weight is 272 g/mol. The molecule has 1 amide bonds. The smallest absolute Gasteiger partial charge is 0.255 e. The van der Waals surface area contributed by atoms with E-state index in [0.29, 0.717) is 6.54 Å². The van der Waals surface area contributed by atoms with E-state index in [1.165, 1.54) is 25.2 Å². The molecule has 104 valence electrons. The van der Waals surface area contributed by atoms with Crippen molar-refractivity contribution in [3.05, 3.63) is 35.4 Å². The molecule has 0 radical (unpaired) electrons. The van der Waals surface area contributed by atoms with Crippen molar-refractivity contribution in [1.82, 2.24) is 9.96 Å². The highest BCUT2D eigenvalue weighted by atomic mass is 16.7. The van der Waals surface area contributed by atoms with Crippen molar-refractivity contribution in [3.63, 3.8) is 0 Å². The maximum absolute atomic E-state index is 12.7. The van der Waals surface area contributed by atoms with Crippen molar-refractivity contribution in [1.29, 1.82) is 0 Å². The van der Waals surface area contributed by atoms with E-state index in [2.05, 4.69) is 12.1 Å². The minimum atomic E-state index is -1.05. The lowest BCUT2D eigenvalue weighted by Gasteiger charge is -2.35. The first kappa shape index (κ1) is 12.1. The lowest BCUT2D eigenvalue weighted by Crippen LogP contribution is -2.48. The fourth-order valence-electron chi connectivity index (χ4n) is 3.99. The van der Waals surface area contributed by atoms with Gasteiger partial charge in [-0.3, -0.25) is 9.59 Å². The third-order valence-corrected chi connectivity index (χ3v) is 4.93. The van der Waals surface area contributed by atoms with Crippen LogP contribution in [0, 0.1) is 0 Å². The van der Waals surface area contributed by atoms with Gasteiger partial charge in [0.1, 0.15) is 0 Å². The van der Waals surface area contributed by atoms with Crippen molar-refractivity contribution < 1.29 is 14.4 Å². The maximum atomic E-state index is 12.7. The molecule has 0 bridgehead atoms. The number of nitrogens with zero attached hydrogens (tertiary/aromatic N) is 2. The van der Waals surface area contributed by atoms with Gasteiger partial charge in [-0.25, -0.2) is 0 Å². The van der Waals surface area contributed by atoms with Gasteiger partial charge in [-0.1, -0.05) is 24.3 Å². The Balaban J connectivity index is 1.76. The minimum absolute atomic E-state index is 0.0428. The van der Waals surface area contributed by atoms with Gasteiger partial charge in [-0.15, -0.1) is 0 Å². The predicted molar refractivity (Wildman–Crippen MR) is 70.5 cm³/mol. The highest BCUT2D eigenvalue weighted by molar-refractivity contribution is 6.16. The quantitative estimate of drug-likeness (QED) is 0.582. The predicted octanol–water partition coefficient (Wildman–Crippen LogP) is 0.527. The second-order valence-corrected chi connectivity index (χ2v) is 5.75. The Labute approximate surface area is 117 Å². The molecule has 5 nitrogen and oxygen atoms in total. The molecule has 0 spiro atoms. The number of amides is 1. The molecule has 0 N–H and O–H groups in total. The molecule has 1 aromatic carbocycles. The van der Waals surface area contributed by atoms with Gasteiger partial charge in [-0.2, -0.15) is 5.06 Å². The van der Waals surface area contributed by atoms with Crippen LogP contribution in [0.1, 0.15) is 18.1 Å². The van der Waals surface area contributed by atoms with Crippen molar-refractivity contribution in [2.45, 2.75) is 37.5 Å². The van der Waals surface area contributed by atoms with Crippen molar-refractivity contribution in [2.75, 3.05) is 7.11 Å². The van der Waals surface area contributed by atoms with Crippen LogP contribution in [0.25, 0.3) is 0 Å². The van der Waals surface area contributed by atoms with Crippen molar-refractivity contribution in [2.24, 2.45) is 0 Å². The number of fused-ring (bicyclic) bond motifs is 4. The molecule has 3 heterocycles. The summed E-state index contributed by atoms with van der Waals surface area (Å²) in [5, 5.41) is 1.58. The summed E-state index contributed by atoms with van der Waals surface area (Å²) in [6.07, 6.45) is 0.793. The number of carbonyl (C=O) groups excluding carboxylic acids is 2. The number of Topliss-reactive ketones (excluding diaryl/α,β-unsaturated/α-hetero) is 1. The van der Waals surface area contributed by atoms with E-state index in [1.54, 1.807) is 5.06 Å². The molecule has 2 saturated heterocycles. The second-order valence-electron chi connectivity index (χ2n) is 5.75. The molecular weight excluding hydrogens is 256 g/mol. The molecule has 3 aliphatic rings. The SMILES string of the molecule is CON1[C@@H]2[C@@H]3Cc4ccccc4CN3C(=O)[C@@]21C(C)=O. The van der Waals surface area contributed by atoms with E-state index in [9.17, 15) is 9.59 Å². The van der Waals surface area contributed by atoms with E-state index >= 15 is 0 Å². The zero-order valence-electron chi connectivity index (χ0n) is 11.5. The summed E-state index contributed by atoms with van der Waals surface area (Å²) in [5.41, 5.74) is 1.39. The van der Waals surface area contributed by atoms with Gasteiger partial charge < -0.3 is 9.74 Å². The molecule has 3 aliphatic heterocycles. The lowest BCUT2D eigenvalue weighted by molar-refractivity contribution is -0.155. The van der Waals surface area contributed by atoms with Crippen LogP contribution < -0.4 is 0 Å². The standard InChI is InChI=1S/C15H16N2O3/c1-9(18)15-13(17(15)20-2)12-7-10-5-3-4-6-11(10)8-16(12)14(15)19/h3-6,12-13H,7-8H2,1-2H3/t12-,13+,15+,17?/m0/s1. The van der Waals surface area contributed by atoms with Gasteiger partial charge in [0.15, 0.2) is 5.78 Å². The number of hydroxylamine groups is 2. The highest BCUT2D eigenvalue weighted by Gasteiger charge is 2.81. The molecule has 20 heavy (non-hydrogen) atoms. The zero-order valence-corrected chi connectivity index (χ0v) is 11.5. The summed E-state index contributed by atoms with van der Waals surface area (Å²) < 4.78 is 0. The maximum Gasteiger partial charge on any atom is 0.255 e. The summed E-state index contributed by atoms with van der Waals surface area (Å²) in [5.74, 6) is -0.218. The Hall–Kier alpha value is -1.72. The first-order chi connectivity index (χ1) is 9.62. The van der Waals surface area contributed by atoms with Gasteiger partial charge in [0, 0.05) is 6.54 Å². The number of rotatable bonds is 2. The number of hydrogen-bond donors (Lipinski definition) is 0. The van der Waals surface area contributed by atoms with E-state index in [-0.39, 0.29) is 23.8 Å². The highest BCUT2D eigenvalue weighted by Crippen LogP contribution is 2.54. The van der Waals surface area contributed by atoms with E-state index in [0.717, 1.165) is 6.42 Å².